The molecule has 2 aromatic carbocycles. The Morgan fingerprint density at radius 1 is 0.895 bits per heavy atom. The molecule has 0 aliphatic rings. The van der Waals surface area contributed by atoms with Crippen LogP contribution in [0.1, 0.15) is 11.3 Å². The van der Waals surface area contributed by atoms with Crippen LogP contribution in [0.15, 0.2) is 71.7 Å². The van der Waals surface area contributed by atoms with Crippen LogP contribution < -0.4 is 0 Å². The summed E-state index contributed by atoms with van der Waals surface area (Å²) in [7, 11) is 0. The standard InChI is InChI=1S/C17H12BrN/c1-12(13-6-3-2-4-7-13)16-11-10-14-8-5-9-15(18)17(14)19-16/h2-11H,1H2. The molecule has 3 aromatic rings. The molecule has 0 saturated carbocycles. The smallest absolute Gasteiger partial charge is 0.0851 e. The van der Waals surface area contributed by atoms with Crippen molar-refractivity contribution in [2.75, 3.05) is 0 Å². The number of rotatable bonds is 2. The van der Waals surface area contributed by atoms with Crippen molar-refractivity contribution in [3.63, 3.8) is 0 Å². The summed E-state index contributed by atoms with van der Waals surface area (Å²) in [4.78, 5) is 4.70. The van der Waals surface area contributed by atoms with E-state index in [0.29, 0.717) is 0 Å². The first-order valence-corrected chi connectivity index (χ1v) is 6.85. The predicted octanol–water partition coefficient (Wildman–Crippen LogP) is 5.06. The third kappa shape index (κ3) is 2.32. The van der Waals surface area contributed by atoms with Crippen LogP contribution in [-0.4, -0.2) is 4.98 Å². The highest BCUT2D eigenvalue weighted by atomic mass is 79.9. The van der Waals surface area contributed by atoms with Crippen LogP contribution in [0, 0.1) is 0 Å². The maximum Gasteiger partial charge on any atom is 0.0851 e. The van der Waals surface area contributed by atoms with Crippen LogP contribution in [0.4, 0.5) is 0 Å². The van der Waals surface area contributed by atoms with Gasteiger partial charge in [0.1, 0.15) is 0 Å². The Kier molecular flexibility index (Phi) is 3.18. The Labute approximate surface area is 120 Å². The van der Waals surface area contributed by atoms with E-state index < -0.39 is 0 Å². The van der Waals surface area contributed by atoms with Gasteiger partial charge < -0.3 is 0 Å². The fraction of sp³-hybridized carbons (Fsp3) is 0. The van der Waals surface area contributed by atoms with E-state index in [0.717, 1.165) is 32.2 Å². The Morgan fingerprint density at radius 2 is 1.68 bits per heavy atom. The van der Waals surface area contributed by atoms with Crippen molar-refractivity contribution in [1.82, 2.24) is 4.98 Å². The molecule has 0 spiro atoms. The molecule has 0 bridgehead atoms. The SMILES string of the molecule is C=C(c1ccccc1)c1ccc2cccc(Br)c2n1. The third-order valence-electron chi connectivity index (χ3n) is 3.10. The fourth-order valence-electron chi connectivity index (χ4n) is 2.07. The van der Waals surface area contributed by atoms with Gasteiger partial charge in [0.05, 0.1) is 11.2 Å². The van der Waals surface area contributed by atoms with Crippen molar-refractivity contribution >= 4 is 32.4 Å². The molecule has 0 radical (unpaired) electrons. The number of aromatic nitrogens is 1. The molecule has 92 valence electrons. The molecule has 1 nitrogen and oxygen atoms in total. The second-order valence-electron chi connectivity index (χ2n) is 4.35. The molecular formula is C17H12BrN. The van der Waals surface area contributed by atoms with Gasteiger partial charge in [0.15, 0.2) is 0 Å². The third-order valence-corrected chi connectivity index (χ3v) is 3.74. The summed E-state index contributed by atoms with van der Waals surface area (Å²) < 4.78 is 1.01. The van der Waals surface area contributed by atoms with Crippen molar-refractivity contribution in [3.05, 3.63) is 83.0 Å². The van der Waals surface area contributed by atoms with Crippen LogP contribution in [0.2, 0.25) is 0 Å². The fourth-order valence-corrected chi connectivity index (χ4v) is 2.54. The van der Waals surface area contributed by atoms with Crippen molar-refractivity contribution in [2.24, 2.45) is 0 Å². The lowest BCUT2D eigenvalue weighted by atomic mass is 10.0. The molecule has 2 heteroatoms. The van der Waals surface area contributed by atoms with Crippen molar-refractivity contribution in [1.29, 1.82) is 0 Å². The number of hydrogen-bond acceptors (Lipinski definition) is 1. The summed E-state index contributed by atoms with van der Waals surface area (Å²) in [6.45, 7) is 4.15. The first-order valence-electron chi connectivity index (χ1n) is 6.06. The Morgan fingerprint density at radius 3 is 2.47 bits per heavy atom. The van der Waals surface area contributed by atoms with Crippen LogP contribution in [-0.2, 0) is 0 Å². The van der Waals surface area contributed by atoms with E-state index in [1.807, 2.05) is 48.5 Å². The minimum atomic E-state index is 0.908. The molecule has 0 fully saturated rings. The lowest BCUT2D eigenvalue weighted by Gasteiger charge is -2.07. The first-order chi connectivity index (χ1) is 9.25. The van der Waals surface area contributed by atoms with Gasteiger partial charge in [-0.1, -0.05) is 55.1 Å². The average Bonchev–Trinajstić information content (AvgIpc) is 2.47. The minimum Gasteiger partial charge on any atom is -0.247 e. The lowest BCUT2D eigenvalue weighted by molar-refractivity contribution is 1.33. The van der Waals surface area contributed by atoms with Gasteiger partial charge in [-0.3, -0.25) is 0 Å². The van der Waals surface area contributed by atoms with Crippen molar-refractivity contribution < 1.29 is 0 Å². The van der Waals surface area contributed by atoms with Crippen LogP contribution in [0.5, 0.6) is 0 Å². The molecule has 19 heavy (non-hydrogen) atoms. The van der Waals surface area contributed by atoms with E-state index >= 15 is 0 Å². The maximum atomic E-state index is 4.70. The zero-order chi connectivity index (χ0) is 13.2. The number of pyridine rings is 1. The molecule has 3 rings (SSSR count). The largest absolute Gasteiger partial charge is 0.247 e. The van der Waals surface area contributed by atoms with Gasteiger partial charge >= 0.3 is 0 Å². The van der Waals surface area contributed by atoms with Crippen molar-refractivity contribution in [3.8, 4) is 0 Å². The highest BCUT2D eigenvalue weighted by molar-refractivity contribution is 9.10. The second-order valence-corrected chi connectivity index (χ2v) is 5.21. The van der Waals surface area contributed by atoms with Gasteiger partial charge in [-0.05, 0) is 33.6 Å². The van der Waals surface area contributed by atoms with Gasteiger partial charge in [-0.2, -0.15) is 0 Å². The topological polar surface area (TPSA) is 12.9 Å². The predicted molar refractivity (Wildman–Crippen MR) is 84.0 cm³/mol. The monoisotopic (exact) mass is 309 g/mol. The number of para-hydroxylation sites is 1. The number of benzene rings is 2. The summed E-state index contributed by atoms with van der Waals surface area (Å²) in [6, 6.07) is 20.3. The van der Waals surface area contributed by atoms with Crippen LogP contribution in [0.25, 0.3) is 16.5 Å². The number of fused-ring (bicyclic) bond motifs is 1. The van der Waals surface area contributed by atoms with Gasteiger partial charge in [0.2, 0.25) is 0 Å². The van der Waals surface area contributed by atoms with Gasteiger partial charge in [-0.15, -0.1) is 0 Å². The Bertz CT molecular complexity index is 748. The van der Waals surface area contributed by atoms with E-state index in [-0.39, 0.29) is 0 Å². The van der Waals surface area contributed by atoms with E-state index in [9.17, 15) is 0 Å². The van der Waals surface area contributed by atoms with Crippen LogP contribution in [0.3, 0.4) is 0 Å². The summed E-state index contributed by atoms with van der Waals surface area (Å²) >= 11 is 3.54. The van der Waals surface area contributed by atoms with E-state index in [2.05, 4.69) is 34.6 Å². The summed E-state index contributed by atoms with van der Waals surface area (Å²) in [5.74, 6) is 0. The van der Waals surface area contributed by atoms with Gasteiger partial charge in [-0.25, -0.2) is 4.98 Å². The quantitative estimate of drug-likeness (QED) is 0.645. The van der Waals surface area contributed by atoms with Gasteiger partial charge in [0, 0.05) is 15.4 Å². The number of hydrogen-bond donors (Lipinski definition) is 0. The minimum absolute atomic E-state index is 0.908. The van der Waals surface area contributed by atoms with Gasteiger partial charge in [0.25, 0.3) is 0 Å². The molecule has 0 aliphatic carbocycles. The molecule has 0 aliphatic heterocycles. The zero-order valence-electron chi connectivity index (χ0n) is 10.3. The summed E-state index contributed by atoms with van der Waals surface area (Å²) in [5, 5.41) is 1.12. The second kappa shape index (κ2) is 4.98. The number of nitrogens with zero attached hydrogens (tertiary/aromatic N) is 1. The normalized spacial score (nSPS) is 10.6. The first kappa shape index (κ1) is 12.1. The highest BCUT2D eigenvalue weighted by Crippen LogP contribution is 2.26. The molecule has 1 heterocycles. The molecule has 0 saturated heterocycles. The molecule has 0 atom stereocenters. The van der Waals surface area contributed by atoms with Crippen molar-refractivity contribution in [2.45, 2.75) is 0 Å². The van der Waals surface area contributed by atoms with E-state index in [4.69, 9.17) is 4.98 Å². The molecule has 0 unspecified atom stereocenters. The highest BCUT2D eigenvalue weighted by Gasteiger charge is 2.06. The summed E-state index contributed by atoms with van der Waals surface area (Å²) in [5.41, 5.74) is 3.92. The Balaban J connectivity index is 2.11. The molecule has 1 aromatic heterocycles. The van der Waals surface area contributed by atoms with Crippen LogP contribution >= 0.6 is 15.9 Å². The van der Waals surface area contributed by atoms with E-state index in [1.54, 1.807) is 0 Å². The molecular weight excluding hydrogens is 298 g/mol. The zero-order valence-corrected chi connectivity index (χ0v) is 11.9. The molecule has 0 N–H and O–H groups in total. The Hall–Kier alpha value is -1.93. The van der Waals surface area contributed by atoms with E-state index in [1.165, 1.54) is 0 Å². The lowest BCUT2D eigenvalue weighted by Crippen LogP contribution is -1.91. The maximum absolute atomic E-state index is 4.70. The number of halogens is 1. The molecule has 0 amide bonds. The summed E-state index contributed by atoms with van der Waals surface area (Å²) in [6.07, 6.45) is 0. The average molecular weight is 310 g/mol.